The van der Waals surface area contributed by atoms with Gasteiger partial charge < -0.3 is 10.6 Å². The number of hydrogen-bond acceptors (Lipinski definition) is 7. The van der Waals surface area contributed by atoms with Crippen molar-refractivity contribution in [2.45, 2.75) is 45.2 Å². The molecule has 1 atom stereocenters. The molecule has 2 N–H and O–H groups in total. The normalized spacial score (nSPS) is 21.9. The number of nitrogen functional groups attached to an aromatic ring is 1. The molecule has 25 heavy (non-hydrogen) atoms. The van der Waals surface area contributed by atoms with E-state index in [2.05, 4.69) is 44.1 Å². The number of rotatable bonds is 5. The summed E-state index contributed by atoms with van der Waals surface area (Å²) in [6.07, 6.45) is 6.48. The number of nitrogens with two attached hydrogens (primary N) is 1. The maximum Gasteiger partial charge on any atom is 0.134 e. The molecular weight excluding hydrogens is 332 g/mol. The van der Waals surface area contributed by atoms with Crippen LogP contribution in [0.1, 0.15) is 37.0 Å². The SMILES string of the molecule is CCc1nc(N)cc(N2CCC3(CC2)CC3N(C)Cc2nccs2)n1. The Bertz CT molecular complexity index is 723. The minimum atomic E-state index is 0.495. The van der Waals surface area contributed by atoms with E-state index in [1.807, 2.05) is 12.3 Å². The van der Waals surface area contributed by atoms with Crippen molar-refractivity contribution in [1.82, 2.24) is 19.9 Å². The molecule has 1 saturated heterocycles. The molecule has 2 fully saturated rings. The summed E-state index contributed by atoms with van der Waals surface area (Å²) in [6, 6.07) is 2.61. The summed E-state index contributed by atoms with van der Waals surface area (Å²) in [4.78, 5) is 18.2. The second-order valence-corrected chi connectivity index (χ2v) is 8.31. The Morgan fingerprint density at radius 1 is 1.36 bits per heavy atom. The van der Waals surface area contributed by atoms with Crippen LogP contribution in [0.2, 0.25) is 0 Å². The van der Waals surface area contributed by atoms with Gasteiger partial charge in [0.25, 0.3) is 0 Å². The quantitative estimate of drug-likeness (QED) is 0.886. The molecule has 134 valence electrons. The van der Waals surface area contributed by atoms with Gasteiger partial charge in [0.2, 0.25) is 0 Å². The van der Waals surface area contributed by atoms with Crippen LogP contribution in [0.4, 0.5) is 11.6 Å². The zero-order chi connectivity index (χ0) is 17.4. The highest BCUT2D eigenvalue weighted by atomic mass is 32.1. The second-order valence-electron chi connectivity index (χ2n) is 7.33. The highest BCUT2D eigenvalue weighted by Gasteiger charge is 2.56. The van der Waals surface area contributed by atoms with Crippen molar-refractivity contribution < 1.29 is 0 Å². The Labute approximate surface area is 153 Å². The van der Waals surface area contributed by atoms with Gasteiger partial charge in [-0.3, -0.25) is 4.90 Å². The summed E-state index contributed by atoms with van der Waals surface area (Å²) in [5.74, 6) is 2.41. The molecule has 2 aliphatic rings. The Hall–Kier alpha value is -1.73. The van der Waals surface area contributed by atoms with Gasteiger partial charge in [-0.1, -0.05) is 6.92 Å². The minimum Gasteiger partial charge on any atom is -0.384 e. The lowest BCUT2D eigenvalue weighted by atomic mass is 9.92. The van der Waals surface area contributed by atoms with E-state index in [0.717, 1.165) is 37.7 Å². The van der Waals surface area contributed by atoms with Crippen molar-refractivity contribution in [3.05, 3.63) is 28.5 Å². The summed E-state index contributed by atoms with van der Waals surface area (Å²) in [5.41, 5.74) is 6.44. The number of piperidine rings is 1. The molecule has 3 heterocycles. The van der Waals surface area contributed by atoms with Gasteiger partial charge in [-0.15, -0.1) is 11.3 Å². The van der Waals surface area contributed by atoms with E-state index in [1.54, 1.807) is 11.3 Å². The molecule has 0 amide bonds. The number of nitrogens with zero attached hydrogens (tertiary/aromatic N) is 5. The van der Waals surface area contributed by atoms with Gasteiger partial charge >= 0.3 is 0 Å². The first-order valence-electron chi connectivity index (χ1n) is 9.06. The van der Waals surface area contributed by atoms with Crippen molar-refractivity contribution in [2.24, 2.45) is 5.41 Å². The Balaban J connectivity index is 1.37. The molecule has 0 radical (unpaired) electrons. The first kappa shape index (κ1) is 16.7. The van der Waals surface area contributed by atoms with Crippen LogP contribution in [0.15, 0.2) is 17.6 Å². The van der Waals surface area contributed by atoms with E-state index >= 15 is 0 Å². The minimum absolute atomic E-state index is 0.495. The van der Waals surface area contributed by atoms with Gasteiger partial charge in [0, 0.05) is 43.2 Å². The molecule has 1 aliphatic carbocycles. The van der Waals surface area contributed by atoms with Crippen LogP contribution >= 0.6 is 11.3 Å². The maximum absolute atomic E-state index is 5.94. The first-order valence-corrected chi connectivity index (χ1v) is 9.94. The van der Waals surface area contributed by atoms with Crippen LogP contribution in [0, 0.1) is 5.41 Å². The summed E-state index contributed by atoms with van der Waals surface area (Å²) in [7, 11) is 2.24. The van der Waals surface area contributed by atoms with E-state index in [4.69, 9.17) is 5.73 Å². The van der Waals surface area contributed by atoms with Crippen LogP contribution in [0.5, 0.6) is 0 Å². The fourth-order valence-electron chi connectivity index (χ4n) is 4.15. The third kappa shape index (κ3) is 3.35. The summed E-state index contributed by atoms with van der Waals surface area (Å²) < 4.78 is 0. The molecular formula is C18H26N6S. The van der Waals surface area contributed by atoms with E-state index in [9.17, 15) is 0 Å². The molecule has 4 rings (SSSR count). The van der Waals surface area contributed by atoms with Crippen molar-refractivity contribution in [3.8, 4) is 0 Å². The second kappa shape index (κ2) is 6.53. The summed E-state index contributed by atoms with van der Waals surface area (Å²) in [5, 5.41) is 3.27. The van der Waals surface area contributed by atoms with Gasteiger partial charge in [0.1, 0.15) is 22.5 Å². The smallest absolute Gasteiger partial charge is 0.134 e. The molecule has 2 aromatic heterocycles. The van der Waals surface area contributed by atoms with E-state index in [1.165, 1.54) is 24.3 Å². The maximum atomic E-state index is 5.94. The third-order valence-corrected chi connectivity index (χ3v) is 6.49. The van der Waals surface area contributed by atoms with E-state index in [-0.39, 0.29) is 0 Å². The molecule has 0 aromatic carbocycles. The average Bonchev–Trinajstić information content (AvgIpc) is 3.06. The zero-order valence-electron chi connectivity index (χ0n) is 15.0. The van der Waals surface area contributed by atoms with Crippen LogP contribution in [-0.2, 0) is 13.0 Å². The van der Waals surface area contributed by atoms with E-state index < -0.39 is 0 Å². The largest absolute Gasteiger partial charge is 0.384 e. The predicted octanol–water partition coefficient (Wildman–Crippen LogP) is 2.57. The number of aryl methyl sites for hydroxylation is 1. The van der Waals surface area contributed by atoms with Crippen molar-refractivity contribution in [1.29, 1.82) is 0 Å². The lowest BCUT2D eigenvalue weighted by Gasteiger charge is -2.35. The number of aromatic nitrogens is 3. The van der Waals surface area contributed by atoms with Gasteiger partial charge in [-0.2, -0.15) is 0 Å². The Morgan fingerprint density at radius 2 is 2.16 bits per heavy atom. The molecule has 1 spiro atoms. The number of anilines is 2. The molecule has 1 unspecified atom stereocenters. The van der Waals surface area contributed by atoms with Crippen molar-refractivity contribution in [2.75, 3.05) is 30.8 Å². The predicted molar refractivity (Wildman–Crippen MR) is 102 cm³/mol. The lowest BCUT2D eigenvalue weighted by Crippen LogP contribution is -2.38. The van der Waals surface area contributed by atoms with Crippen LogP contribution < -0.4 is 10.6 Å². The first-order chi connectivity index (χ1) is 12.1. The van der Waals surface area contributed by atoms with Crippen LogP contribution in [0.3, 0.4) is 0 Å². The number of hydrogen-bond donors (Lipinski definition) is 1. The molecule has 1 saturated carbocycles. The average molecular weight is 359 g/mol. The van der Waals surface area contributed by atoms with Gasteiger partial charge in [0.05, 0.1) is 6.54 Å². The summed E-state index contributed by atoms with van der Waals surface area (Å²) in [6.45, 7) is 5.15. The standard InChI is InChI=1S/C18H26N6S/c1-3-15-21-14(19)10-16(22-15)24-7-4-18(5-8-24)11-13(18)23(2)12-17-20-6-9-25-17/h6,9-10,13H,3-5,7-8,11-12H2,1-2H3,(H2,19,21,22). The van der Waals surface area contributed by atoms with Gasteiger partial charge in [-0.05, 0) is 31.7 Å². The fourth-order valence-corrected chi connectivity index (χ4v) is 4.82. The van der Waals surface area contributed by atoms with Crippen molar-refractivity contribution in [3.63, 3.8) is 0 Å². The molecule has 1 aliphatic heterocycles. The number of thiazole rings is 1. The van der Waals surface area contributed by atoms with E-state index in [0.29, 0.717) is 17.3 Å². The third-order valence-electron chi connectivity index (χ3n) is 5.73. The molecule has 0 bridgehead atoms. The fraction of sp³-hybridized carbons (Fsp3) is 0.611. The zero-order valence-corrected chi connectivity index (χ0v) is 15.8. The highest BCUT2D eigenvalue weighted by Crippen LogP contribution is 2.56. The van der Waals surface area contributed by atoms with Crippen molar-refractivity contribution >= 4 is 23.0 Å². The molecule has 7 heteroatoms. The lowest BCUT2D eigenvalue weighted by molar-refractivity contribution is 0.238. The molecule has 2 aromatic rings. The Kier molecular flexibility index (Phi) is 4.37. The Morgan fingerprint density at radius 3 is 2.84 bits per heavy atom. The van der Waals surface area contributed by atoms with Crippen LogP contribution in [0.25, 0.3) is 0 Å². The monoisotopic (exact) mass is 358 g/mol. The highest BCUT2D eigenvalue weighted by molar-refractivity contribution is 7.09. The van der Waals surface area contributed by atoms with Gasteiger partial charge in [0.15, 0.2) is 0 Å². The van der Waals surface area contributed by atoms with Crippen LogP contribution in [-0.4, -0.2) is 46.0 Å². The topological polar surface area (TPSA) is 71.2 Å². The van der Waals surface area contributed by atoms with Gasteiger partial charge in [-0.25, -0.2) is 15.0 Å². The summed E-state index contributed by atoms with van der Waals surface area (Å²) >= 11 is 1.75. The molecule has 6 nitrogen and oxygen atoms in total.